The van der Waals surface area contributed by atoms with Gasteiger partial charge in [-0.05, 0) is 31.2 Å². The number of benzene rings is 1. The maximum absolute atomic E-state index is 12.7. The van der Waals surface area contributed by atoms with Crippen LogP contribution in [0, 0.1) is 5.82 Å². The zero-order chi connectivity index (χ0) is 14.3. The lowest BCUT2D eigenvalue weighted by atomic mass is 10.3. The maximum Gasteiger partial charge on any atom is 0.307 e. The van der Waals surface area contributed by atoms with Gasteiger partial charge in [0.1, 0.15) is 11.6 Å². The average Bonchev–Trinajstić information content (AvgIpc) is 2.40. The molecule has 0 saturated heterocycles. The molecule has 1 aromatic rings. The van der Waals surface area contributed by atoms with Crippen LogP contribution in [0.4, 0.5) is 4.39 Å². The lowest BCUT2D eigenvalue weighted by Gasteiger charge is -2.14. The minimum atomic E-state index is -0.733. The topological polar surface area (TPSA) is 64.6 Å². The highest BCUT2D eigenvalue weighted by Crippen LogP contribution is 2.12. The Kier molecular flexibility index (Phi) is 5.78. The summed E-state index contributed by atoms with van der Waals surface area (Å²) in [5.74, 6) is -0.722. The Morgan fingerprint density at radius 1 is 1.32 bits per heavy atom. The zero-order valence-corrected chi connectivity index (χ0v) is 10.8. The van der Waals surface area contributed by atoms with Crippen LogP contribution >= 0.6 is 0 Å². The van der Waals surface area contributed by atoms with Crippen LogP contribution in [0.2, 0.25) is 0 Å². The summed E-state index contributed by atoms with van der Waals surface area (Å²) in [6.45, 7) is 1.75. The van der Waals surface area contributed by atoms with Crippen LogP contribution in [0.15, 0.2) is 24.3 Å². The van der Waals surface area contributed by atoms with E-state index in [0.29, 0.717) is 5.75 Å². The number of hydrogen-bond donors (Lipinski definition) is 1. The molecule has 104 valence electrons. The van der Waals surface area contributed by atoms with Gasteiger partial charge in [0.05, 0.1) is 13.5 Å². The zero-order valence-electron chi connectivity index (χ0n) is 10.8. The van der Waals surface area contributed by atoms with Crippen LogP contribution in [0.1, 0.15) is 13.3 Å². The molecular weight excluding hydrogens is 253 g/mol. The van der Waals surface area contributed by atoms with Crippen LogP contribution in [0.5, 0.6) is 5.75 Å². The van der Waals surface area contributed by atoms with E-state index in [2.05, 4.69) is 10.1 Å². The molecule has 0 bridgehead atoms. The first kappa shape index (κ1) is 14.9. The summed E-state index contributed by atoms with van der Waals surface area (Å²) in [4.78, 5) is 22.5. The molecule has 1 amide bonds. The van der Waals surface area contributed by atoms with Gasteiger partial charge in [-0.1, -0.05) is 0 Å². The predicted octanol–water partition coefficient (Wildman–Crippen LogP) is 1.27. The molecule has 0 aromatic heterocycles. The van der Waals surface area contributed by atoms with Gasteiger partial charge >= 0.3 is 5.97 Å². The Balaban J connectivity index is 2.36. The Labute approximate surface area is 110 Å². The van der Waals surface area contributed by atoms with E-state index in [-0.39, 0.29) is 24.7 Å². The minimum Gasteiger partial charge on any atom is -0.481 e. The second-order valence-corrected chi connectivity index (χ2v) is 3.83. The molecule has 19 heavy (non-hydrogen) atoms. The van der Waals surface area contributed by atoms with Crippen LogP contribution in [-0.4, -0.2) is 31.6 Å². The average molecular weight is 269 g/mol. The molecule has 6 heteroatoms. The van der Waals surface area contributed by atoms with Gasteiger partial charge in [-0.15, -0.1) is 0 Å². The van der Waals surface area contributed by atoms with Crippen LogP contribution in [-0.2, 0) is 14.3 Å². The third-order valence-electron chi connectivity index (χ3n) is 2.35. The SMILES string of the molecule is COC(=O)CCNC(=O)C(C)Oc1ccc(F)cc1. The van der Waals surface area contributed by atoms with Gasteiger partial charge < -0.3 is 14.8 Å². The molecule has 1 unspecified atom stereocenters. The summed E-state index contributed by atoms with van der Waals surface area (Å²) >= 11 is 0. The highest BCUT2D eigenvalue weighted by atomic mass is 19.1. The maximum atomic E-state index is 12.7. The van der Waals surface area contributed by atoms with E-state index in [4.69, 9.17) is 4.74 Å². The molecule has 0 fully saturated rings. The molecule has 1 aromatic carbocycles. The van der Waals surface area contributed by atoms with E-state index >= 15 is 0 Å². The largest absolute Gasteiger partial charge is 0.481 e. The fraction of sp³-hybridized carbons (Fsp3) is 0.385. The van der Waals surface area contributed by atoms with Crippen LogP contribution in [0.25, 0.3) is 0 Å². The summed E-state index contributed by atoms with van der Waals surface area (Å²) in [6.07, 6.45) is -0.631. The number of methoxy groups -OCH3 is 1. The van der Waals surface area contributed by atoms with Gasteiger partial charge in [0.25, 0.3) is 5.91 Å². The fourth-order valence-corrected chi connectivity index (χ4v) is 1.30. The van der Waals surface area contributed by atoms with E-state index in [1.807, 2.05) is 0 Å². The Morgan fingerprint density at radius 2 is 1.95 bits per heavy atom. The molecule has 0 aliphatic heterocycles. The summed E-state index contributed by atoms with van der Waals surface area (Å²) < 4.78 is 22.4. The fourth-order valence-electron chi connectivity index (χ4n) is 1.30. The van der Waals surface area contributed by atoms with E-state index in [1.54, 1.807) is 6.92 Å². The second-order valence-electron chi connectivity index (χ2n) is 3.83. The van der Waals surface area contributed by atoms with Crippen molar-refractivity contribution < 1.29 is 23.5 Å². The van der Waals surface area contributed by atoms with Crippen molar-refractivity contribution in [2.75, 3.05) is 13.7 Å². The van der Waals surface area contributed by atoms with Crippen LogP contribution < -0.4 is 10.1 Å². The molecule has 1 N–H and O–H groups in total. The summed E-state index contributed by atoms with van der Waals surface area (Å²) in [5.41, 5.74) is 0. The van der Waals surface area contributed by atoms with Gasteiger partial charge in [-0.25, -0.2) is 4.39 Å². The molecule has 0 radical (unpaired) electrons. The highest BCUT2D eigenvalue weighted by Gasteiger charge is 2.14. The van der Waals surface area contributed by atoms with Crippen molar-refractivity contribution in [1.29, 1.82) is 0 Å². The van der Waals surface area contributed by atoms with Crippen LogP contribution in [0.3, 0.4) is 0 Å². The smallest absolute Gasteiger partial charge is 0.307 e. The van der Waals surface area contributed by atoms with Gasteiger partial charge in [-0.2, -0.15) is 0 Å². The van der Waals surface area contributed by atoms with Gasteiger partial charge in [0.2, 0.25) is 0 Å². The van der Waals surface area contributed by atoms with Gasteiger partial charge in [0, 0.05) is 6.54 Å². The number of carbonyl (C=O) groups is 2. The number of hydrogen-bond acceptors (Lipinski definition) is 4. The van der Waals surface area contributed by atoms with Gasteiger partial charge in [-0.3, -0.25) is 9.59 Å². The molecule has 0 heterocycles. The second kappa shape index (κ2) is 7.35. The first-order valence-electron chi connectivity index (χ1n) is 5.79. The molecule has 1 rings (SSSR count). The normalized spacial score (nSPS) is 11.5. The number of halogens is 1. The van der Waals surface area contributed by atoms with Crippen molar-refractivity contribution >= 4 is 11.9 Å². The molecule has 0 aliphatic rings. The number of amides is 1. The number of esters is 1. The molecule has 1 atom stereocenters. The quantitative estimate of drug-likeness (QED) is 0.790. The summed E-state index contributed by atoms with van der Waals surface area (Å²) in [6, 6.07) is 5.37. The highest BCUT2D eigenvalue weighted by molar-refractivity contribution is 5.81. The third-order valence-corrected chi connectivity index (χ3v) is 2.35. The van der Waals surface area contributed by atoms with E-state index in [9.17, 15) is 14.0 Å². The lowest BCUT2D eigenvalue weighted by Crippen LogP contribution is -2.37. The first-order chi connectivity index (χ1) is 9.02. The van der Waals surface area contributed by atoms with Crippen molar-refractivity contribution in [1.82, 2.24) is 5.32 Å². The Morgan fingerprint density at radius 3 is 2.53 bits per heavy atom. The van der Waals surface area contributed by atoms with Crippen molar-refractivity contribution in [3.63, 3.8) is 0 Å². The minimum absolute atomic E-state index is 0.103. The molecule has 0 aliphatic carbocycles. The number of nitrogens with one attached hydrogen (secondary N) is 1. The van der Waals surface area contributed by atoms with E-state index in [0.717, 1.165) is 0 Å². The molecule has 0 spiro atoms. The monoisotopic (exact) mass is 269 g/mol. The Hall–Kier alpha value is -2.11. The van der Waals surface area contributed by atoms with Crippen molar-refractivity contribution in [3.05, 3.63) is 30.1 Å². The number of rotatable bonds is 6. The lowest BCUT2D eigenvalue weighted by molar-refractivity contribution is -0.140. The summed E-state index contributed by atoms with van der Waals surface area (Å²) in [7, 11) is 1.28. The Bertz CT molecular complexity index is 433. The number of carbonyl (C=O) groups excluding carboxylic acids is 2. The van der Waals surface area contributed by atoms with Gasteiger partial charge in [0.15, 0.2) is 6.10 Å². The van der Waals surface area contributed by atoms with Crippen molar-refractivity contribution in [2.24, 2.45) is 0 Å². The van der Waals surface area contributed by atoms with Crippen molar-refractivity contribution in [3.8, 4) is 5.75 Å². The van der Waals surface area contributed by atoms with Crippen molar-refractivity contribution in [2.45, 2.75) is 19.4 Å². The summed E-state index contributed by atoms with van der Waals surface area (Å²) in [5, 5.41) is 2.54. The standard InChI is InChI=1S/C13H16FNO4/c1-9(13(17)15-8-7-12(16)18-2)19-11-5-3-10(14)4-6-11/h3-6,9H,7-8H2,1-2H3,(H,15,17). The molecule has 0 saturated carbocycles. The van der Waals surface area contributed by atoms with E-state index in [1.165, 1.54) is 31.4 Å². The molecular formula is C13H16FNO4. The first-order valence-corrected chi connectivity index (χ1v) is 5.79. The van der Waals surface area contributed by atoms with E-state index < -0.39 is 12.1 Å². The molecule has 5 nitrogen and oxygen atoms in total. The number of ether oxygens (including phenoxy) is 2. The predicted molar refractivity (Wildman–Crippen MR) is 66.1 cm³/mol. The third kappa shape index (κ3) is 5.37.